The average molecular weight is 381 g/mol. The highest BCUT2D eigenvalue weighted by Gasteiger charge is 2.30. The Labute approximate surface area is 136 Å². The highest BCUT2D eigenvalue weighted by Crippen LogP contribution is 2.28. The SMILES string of the molecule is CCCNCc1cc(S(=O)(=O)NC(C)(CC)CC)c(Br)o1. The molecule has 0 bridgehead atoms. The molecule has 0 radical (unpaired) electrons. The lowest BCUT2D eigenvalue weighted by molar-refractivity contribution is 0.388. The molecule has 0 saturated carbocycles. The van der Waals surface area contributed by atoms with Gasteiger partial charge in [0.15, 0.2) is 4.67 Å². The van der Waals surface area contributed by atoms with Gasteiger partial charge in [0.05, 0.1) is 6.54 Å². The van der Waals surface area contributed by atoms with Gasteiger partial charge in [0.25, 0.3) is 0 Å². The van der Waals surface area contributed by atoms with Crippen LogP contribution in [0.2, 0.25) is 0 Å². The van der Waals surface area contributed by atoms with Crippen LogP contribution in [0.3, 0.4) is 0 Å². The van der Waals surface area contributed by atoms with Gasteiger partial charge >= 0.3 is 0 Å². The van der Waals surface area contributed by atoms with Crippen molar-refractivity contribution in [2.45, 2.75) is 63.9 Å². The molecule has 0 unspecified atom stereocenters. The smallest absolute Gasteiger partial charge is 0.245 e. The number of hydrogen-bond acceptors (Lipinski definition) is 4. The molecule has 5 nitrogen and oxygen atoms in total. The third-order valence-electron chi connectivity index (χ3n) is 3.66. The third-order valence-corrected chi connectivity index (χ3v) is 6.16. The minimum atomic E-state index is -3.60. The van der Waals surface area contributed by atoms with Gasteiger partial charge < -0.3 is 9.73 Å². The summed E-state index contributed by atoms with van der Waals surface area (Å²) in [7, 11) is -3.60. The summed E-state index contributed by atoms with van der Waals surface area (Å²) < 4.78 is 33.5. The number of nitrogens with one attached hydrogen (secondary N) is 2. The number of halogens is 1. The molecule has 7 heteroatoms. The molecular formula is C14H25BrN2O3S. The molecule has 21 heavy (non-hydrogen) atoms. The maximum Gasteiger partial charge on any atom is 0.245 e. The van der Waals surface area contributed by atoms with Gasteiger partial charge in [-0.05, 0) is 48.7 Å². The third kappa shape index (κ3) is 5.09. The molecule has 1 aromatic heterocycles. The lowest BCUT2D eigenvalue weighted by Gasteiger charge is -2.27. The van der Waals surface area contributed by atoms with E-state index in [0.29, 0.717) is 12.3 Å². The fourth-order valence-electron chi connectivity index (χ4n) is 1.83. The molecular weight excluding hydrogens is 356 g/mol. The van der Waals surface area contributed by atoms with E-state index in [1.165, 1.54) is 0 Å². The predicted octanol–water partition coefficient (Wildman–Crippen LogP) is 3.40. The molecule has 0 aliphatic heterocycles. The van der Waals surface area contributed by atoms with Gasteiger partial charge in [-0.2, -0.15) is 0 Å². The largest absolute Gasteiger partial charge is 0.452 e. The number of rotatable bonds is 9. The lowest BCUT2D eigenvalue weighted by atomic mass is 9.98. The Morgan fingerprint density at radius 2 is 1.90 bits per heavy atom. The Morgan fingerprint density at radius 1 is 1.29 bits per heavy atom. The first-order valence-electron chi connectivity index (χ1n) is 7.31. The molecule has 0 spiro atoms. The zero-order valence-corrected chi connectivity index (χ0v) is 15.5. The second-order valence-corrected chi connectivity index (χ2v) is 7.77. The lowest BCUT2D eigenvalue weighted by Crippen LogP contribution is -2.44. The maximum absolute atomic E-state index is 12.5. The highest BCUT2D eigenvalue weighted by atomic mass is 79.9. The van der Waals surface area contributed by atoms with Crippen molar-refractivity contribution in [2.75, 3.05) is 6.54 Å². The topological polar surface area (TPSA) is 71.3 Å². The van der Waals surface area contributed by atoms with Gasteiger partial charge in [0, 0.05) is 11.6 Å². The van der Waals surface area contributed by atoms with Gasteiger partial charge in [0.2, 0.25) is 10.0 Å². The van der Waals surface area contributed by atoms with E-state index in [9.17, 15) is 8.42 Å². The van der Waals surface area contributed by atoms with Crippen LogP contribution in [-0.4, -0.2) is 20.5 Å². The van der Waals surface area contributed by atoms with Crippen molar-refractivity contribution < 1.29 is 12.8 Å². The summed E-state index contributed by atoms with van der Waals surface area (Å²) in [6, 6.07) is 1.57. The van der Waals surface area contributed by atoms with Crippen LogP contribution in [0.25, 0.3) is 0 Å². The van der Waals surface area contributed by atoms with E-state index in [1.54, 1.807) is 6.07 Å². The molecule has 0 amide bonds. The quantitative estimate of drug-likeness (QED) is 0.644. The first-order chi connectivity index (χ1) is 9.78. The van der Waals surface area contributed by atoms with Crippen LogP contribution in [0.15, 0.2) is 20.0 Å². The first-order valence-corrected chi connectivity index (χ1v) is 9.58. The predicted molar refractivity (Wildman–Crippen MR) is 87.7 cm³/mol. The number of sulfonamides is 1. The maximum atomic E-state index is 12.5. The fraction of sp³-hybridized carbons (Fsp3) is 0.714. The van der Waals surface area contributed by atoms with Crippen molar-refractivity contribution in [3.63, 3.8) is 0 Å². The van der Waals surface area contributed by atoms with Crippen LogP contribution < -0.4 is 10.0 Å². The molecule has 0 saturated heterocycles. The van der Waals surface area contributed by atoms with E-state index < -0.39 is 15.6 Å². The summed E-state index contributed by atoms with van der Waals surface area (Å²) in [6.07, 6.45) is 2.46. The van der Waals surface area contributed by atoms with Crippen molar-refractivity contribution in [1.82, 2.24) is 10.0 Å². The Kier molecular flexibility index (Phi) is 6.90. The van der Waals surface area contributed by atoms with Gasteiger partial charge in [-0.15, -0.1) is 0 Å². The summed E-state index contributed by atoms with van der Waals surface area (Å²) in [5, 5.41) is 3.18. The zero-order chi connectivity index (χ0) is 16.1. The second kappa shape index (κ2) is 7.76. The molecule has 122 valence electrons. The van der Waals surface area contributed by atoms with Crippen LogP contribution in [0.4, 0.5) is 0 Å². The summed E-state index contributed by atoms with van der Waals surface area (Å²) in [5.41, 5.74) is -0.448. The summed E-state index contributed by atoms with van der Waals surface area (Å²) >= 11 is 3.20. The fourth-order valence-corrected chi connectivity index (χ4v) is 4.38. The monoisotopic (exact) mass is 380 g/mol. The molecule has 1 aromatic rings. The Balaban J connectivity index is 2.93. The van der Waals surface area contributed by atoms with Gasteiger partial charge in [-0.3, -0.25) is 0 Å². The Morgan fingerprint density at radius 3 is 2.43 bits per heavy atom. The molecule has 0 fully saturated rings. The van der Waals surface area contributed by atoms with Crippen LogP contribution in [-0.2, 0) is 16.6 Å². The number of furan rings is 1. The molecule has 0 atom stereocenters. The van der Waals surface area contributed by atoms with E-state index in [4.69, 9.17) is 4.42 Å². The average Bonchev–Trinajstić information content (AvgIpc) is 2.80. The summed E-state index contributed by atoms with van der Waals surface area (Å²) in [4.78, 5) is 0.156. The van der Waals surface area contributed by atoms with Crippen molar-refractivity contribution in [3.05, 3.63) is 16.5 Å². The molecule has 1 heterocycles. The van der Waals surface area contributed by atoms with Crippen LogP contribution in [0.1, 0.15) is 52.7 Å². The second-order valence-electron chi connectivity index (χ2n) is 5.40. The van der Waals surface area contributed by atoms with Crippen LogP contribution >= 0.6 is 15.9 Å². The van der Waals surface area contributed by atoms with Gasteiger partial charge in [-0.25, -0.2) is 13.1 Å². The number of hydrogen-bond donors (Lipinski definition) is 2. The molecule has 1 rings (SSSR count). The molecule has 2 N–H and O–H groups in total. The van der Waals surface area contributed by atoms with E-state index in [0.717, 1.165) is 25.8 Å². The van der Waals surface area contributed by atoms with E-state index in [-0.39, 0.29) is 9.56 Å². The molecule has 0 aliphatic rings. The zero-order valence-electron chi connectivity index (χ0n) is 13.1. The molecule has 0 aliphatic carbocycles. The van der Waals surface area contributed by atoms with Gasteiger partial charge in [-0.1, -0.05) is 20.8 Å². The Hall–Kier alpha value is -0.370. The van der Waals surface area contributed by atoms with E-state index in [2.05, 4.69) is 32.9 Å². The van der Waals surface area contributed by atoms with E-state index in [1.807, 2.05) is 20.8 Å². The van der Waals surface area contributed by atoms with Crippen LogP contribution in [0.5, 0.6) is 0 Å². The Bertz CT molecular complexity index is 551. The summed E-state index contributed by atoms with van der Waals surface area (Å²) in [5.74, 6) is 0.602. The first kappa shape index (κ1) is 18.7. The van der Waals surface area contributed by atoms with Crippen molar-refractivity contribution in [2.24, 2.45) is 0 Å². The van der Waals surface area contributed by atoms with E-state index >= 15 is 0 Å². The van der Waals surface area contributed by atoms with Crippen molar-refractivity contribution >= 4 is 26.0 Å². The normalized spacial score (nSPS) is 12.8. The minimum Gasteiger partial charge on any atom is -0.452 e. The van der Waals surface area contributed by atoms with Crippen molar-refractivity contribution in [1.29, 1.82) is 0 Å². The van der Waals surface area contributed by atoms with Crippen molar-refractivity contribution in [3.8, 4) is 0 Å². The van der Waals surface area contributed by atoms with Gasteiger partial charge in [0.1, 0.15) is 10.7 Å². The molecule has 0 aromatic carbocycles. The minimum absolute atomic E-state index is 0.156. The summed E-state index contributed by atoms with van der Waals surface area (Å²) in [6.45, 7) is 9.29. The highest BCUT2D eigenvalue weighted by molar-refractivity contribution is 9.10. The van der Waals surface area contributed by atoms with Crippen LogP contribution in [0, 0.1) is 0 Å². The standard InChI is InChI=1S/C14H25BrN2O3S/c1-5-8-16-10-11-9-12(13(15)20-11)21(18,19)17-14(4,6-2)7-3/h9,16-17H,5-8,10H2,1-4H3.